The first-order valence-electron chi connectivity index (χ1n) is 4.84. The SMILES string of the molecule is COc1cccc(S(=O)(=O)C2SC(=O)NC2=O)c1. The molecule has 0 aliphatic carbocycles. The Morgan fingerprint density at radius 3 is 2.61 bits per heavy atom. The van der Waals surface area contributed by atoms with Gasteiger partial charge in [-0.3, -0.25) is 14.9 Å². The van der Waals surface area contributed by atoms with Crippen LogP contribution < -0.4 is 10.1 Å². The van der Waals surface area contributed by atoms with Crippen molar-refractivity contribution in [2.24, 2.45) is 0 Å². The molecule has 1 N–H and O–H groups in total. The number of nitrogens with one attached hydrogen (secondary N) is 1. The Morgan fingerprint density at radius 2 is 2.06 bits per heavy atom. The van der Waals surface area contributed by atoms with Gasteiger partial charge in [-0.25, -0.2) is 8.42 Å². The molecule has 0 bridgehead atoms. The van der Waals surface area contributed by atoms with Gasteiger partial charge in [0.1, 0.15) is 5.75 Å². The normalized spacial score (nSPS) is 19.7. The Kier molecular flexibility index (Phi) is 3.31. The summed E-state index contributed by atoms with van der Waals surface area (Å²) in [4.78, 5) is 22.4. The maximum absolute atomic E-state index is 12.2. The molecule has 0 aromatic heterocycles. The van der Waals surface area contributed by atoms with E-state index in [1.165, 1.54) is 25.3 Å². The minimum Gasteiger partial charge on any atom is -0.497 e. The highest BCUT2D eigenvalue weighted by Crippen LogP contribution is 2.30. The van der Waals surface area contributed by atoms with Crippen LogP contribution in [0.5, 0.6) is 5.75 Å². The van der Waals surface area contributed by atoms with Gasteiger partial charge in [0.25, 0.3) is 11.1 Å². The number of sulfone groups is 1. The molecule has 2 rings (SSSR count). The lowest BCUT2D eigenvalue weighted by atomic mass is 10.3. The first kappa shape index (κ1) is 12.9. The Morgan fingerprint density at radius 1 is 1.33 bits per heavy atom. The molecule has 1 aromatic rings. The Labute approximate surface area is 108 Å². The van der Waals surface area contributed by atoms with Crippen molar-refractivity contribution in [3.05, 3.63) is 24.3 Å². The van der Waals surface area contributed by atoms with Crippen LogP contribution in [-0.2, 0) is 14.6 Å². The molecule has 2 amide bonds. The fourth-order valence-electron chi connectivity index (χ4n) is 1.45. The Hall–Kier alpha value is -1.54. The van der Waals surface area contributed by atoms with E-state index in [0.29, 0.717) is 17.5 Å². The van der Waals surface area contributed by atoms with Gasteiger partial charge in [-0.2, -0.15) is 0 Å². The molecule has 1 atom stereocenters. The van der Waals surface area contributed by atoms with E-state index < -0.39 is 25.6 Å². The minimum absolute atomic E-state index is 0.0517. The van der Waals surface area contributed by atoms with Gasteiger partial charge in [0.2, 0.25) is 0 Å². The maximum atomic E-state index is 12.2. The fraction of sp³-hybridized carbons (Fsp3) is 0.200. The summed E-state index contributed by atoms with van der Waals surface area (Å²) in [6.45, 7) is 0. The van der Waals surface area contributed by atoms with Gasteiger partial charge in [-0.05, 0) is 30.0 Å². The van der Waals surface area contributed by atoms with E-state index in [1.807, 2.05) is 5.32 Å². The number of methoxy groups -OCH3 is 1. The number of amides is 2. The third kappa shape index (κ3) is 2.21. The van der Waals surface area contributed by atoms with Crippen LogP contribution in [0.25, 0.3) is 0 Å². The van der Waals surface area contributed by atoms with Crippen molar-refractivity contribution in [2.45, 2.75) is 9.48 Å². The Balaban J connectivity index is 2.42. The smallest absolute Gasteiger partial charge is 0.287 e. The minimum atomic E-state index is -3.90. The molecule has 0 radical (unpaired) electrons. The summed E-state index contributed by atoms with van der Waals surface area (Å²) in [6, 6.07) is 5.76. The van der Waals surface area contributed by atoms with E-state index in [2.05, 4.69) is 0 Å². The van der Waals surface area contributed by atoms with Crippen LogP contribution in [0.4, 0.5) is 4.79 Å². The molecule has 1 aliphatic rings. The Bertz CT molecular complexity index is 610. The molecule has 1 aromatic carbocycles. The monoisotopic (exact) mass is 287 g/mol. The fourth-order valence-corrected chi connectivity index (χ4v) is 4.20. The van der Waals surface area contributed by atoms with Crippen molar-refractivity contribution in [3.63, 3.8) is 0 Å². The molecular formula is C10H9NO5S2. The van der Waals surface area contributed by atoms with E-state index in [4.69, 9.17) is 4.74 Å². The van der Waals surface area contributed by atoms with Gasteiger partial charge in [-0.15, -0.1) is 0 Å². The van der Waals surface area contributed by atoms with Crippen LogP contribution in [0.15, 0.2) is 29.2 Å². The van der Waals surface area contributed by atoms with Crippen LogP contribution in [0.2, 0.25) is 0 Å². The molecule has 18 heavy (non-hydrogen) atoms. The van der Waals surface area contributed by atoms with E-state index in [9.17, 15) is 18.0 Å². The second-order valence-electron chi connectivity index (χ2n) is 3.45. The van der Waals surface area contributed by atoms with E-state index in [0.717, 1.165) is 0 Å². The molecule has 1 unspecified atom stereocenters. The quantitative estimate of drug-likeness (QED) is 0.883. The standard InChI is InChI=1S/C10H9NO5S2/c1-16-6-3-2-4-7(5-6)18(14,15)9-8(12)11-10(13)17-9/h2-5,9H,1H3,(H,11,12,13). The van der Waals surface area contributed by atoms with Crippen LogP contribution >= 0.6 is 11.8 Å². The lowest BCUT2D eigenvalue weighted by Gasteiger charge is -2.08. The van der Waals surface area contributed by atoms with Gasteiger partial charge < -0.3 is 4.74 Å². The molecule has 8 heteroatoms. The average molecular weight is 287 g/mol. The summed E-state index contributed by atoms with van der Waals surface area (Å²) in [7, 11) is -2.49. The number of rotatable bonds is 3. The van der Waals surface area contributed by atoms with Crippen molar-refractivity contribution >= 4 is 32.7 Å². The van der Waals surface area contributed by atoms with Crippen LogP contribution in [0.3, 0.4) is 0 Å². The predicted octanol–water partition coefficient (Wildman–Crippen LogP) is 0.778. The highest BCUT2D eigenvalue weighted by Gasteiger charge is 2.42. The van der Waals surface area contributed by atoms with Crippen molar-refractivity contribution in [3.8, 4) is 5.75 Å². The molecule has 0 saturated carbocycles. The number of hydrogen-bond donors (Lipinski definition) is 1. The lowest BCUT2D eigenvalue weighted by Crippen LogP contribution is -2.30. The van der Waals surface area contributed by atoms with Gasteiger partial charge in [-0.1, -0.05) is 6.07 Å². The van der Waals surface area contributed by atoms with Gasteiger partial charge >= 0.3 is 0 Å². The third-order valence-electron chi connectivity index (χ3n) is 2.30. The number of ether oxygens (including phenoxy) is 1. The third-order valence-corrected chi connectivity index (χ3v) is 5.79. The first-order valence-corrected chi connectivity index (χ1v) is 7.27. The molecule has 0 spiro atoms. The van der Waals surface area contributed by atoms with Crippen LogP contribution in [0.1, 0.15) is 0 Å². The summed E-state index contributed by atoms with van der Waals surface area (Å²) in [5.41, 5.74) is 0. The molecule has 6 nitrogen and oxygen atoms in total. The average Bonchev–Trinajstić information content (AvgIpc) is 2.69. The maximum Gasteiger partial charge on any atom is 0.287 e. The topological polar surface area (TPSA) is 89.5 Å². The van der Waals surface area contributed by atoms with Gasteiger partial charge in [0.15, 0.2) is 14.4 Å². The second-order valence-corrected chi connectivity index (χ2v) is 6.86. The number of carbonyl (C=O) groups is 2. The lowest BCUT2D eigenvalue weighted by molar-refractivity contribution is -0.117. The predicted molar refractivity (Wildman–Crippen MR) is 65.1 cm³/mol. The van der Waals surface area contributed by atoms with Gasteiger partial charge in [0.05, 0.1) is 12.0 Å². The molecule has 1 saturated heterocycles. The summed E-state index contributed by atoms with van der Waals surface area (Å²) in [5, 5.41) is 1.29. The summed E-state index contributed by atoms with van der Waals surface area (Å²) in [6.07, 6.45) is 0. The van der Waals surface area contributed by atoms with E-state index in [1.54, 1.807) is 6.07 Å². The van der Waals surface area contributed by atoms with Crippen molar-refractivity contribution in [1.82, 2.24) is 5.32 Å². The van der Waals surface area contributed by atoms with Crippen LogP contribution in [-0.4, -0.2) is 31.3 Å². The molecule has 96 valence electrons. The van der Waals surface area contributed by atoms with Crippen molar-refractivity contribution in [1.29, 1.82) is 0 Å². The second kappa shape index (κ2) is 4.62. The highest BCUT2D eigenvalue weighted by atomic mass is 32.3. The number of imide groups is 1. The molecule has 1 heterocycles. The molecule has 1 fully saturated rings. The summed E-state index contributed by atoms with van der Waals surface area (Å²) in [5.74, 6) is -0.446. The first-order chi connectivity index (χ1) is 8.45. The number of thioether (sulfide) groups is 1. The summed E-state index contributed by atoms with van der Waals surface area (Å²) >= 11 is 0.461. The zero-order valence-corrected chi connectivity index (χ0v) is 10.9. The van der Waals surface area contributed by atoms with Crippen molar-refractivity contribution < 1.29 is 22.7 Å². The number of carbonyl (C=O) groups excluding carboxylic acids is 2. The highest BCUT2D eigenvalue weighted by molar-refractivity contribution is 8.24. The van der Waals surface area contributed by atoms with Crippen LogP contribution in [0, 0.1) is 0 Å². The van der Waals surface area contributed by atoms with E-state index >= 15 is 0 Å². The number of benzene rings is 1. The molecule has 1 aliphatic heterocycles. The number of hydrogen-bond acceptors (Lipinski definition) is 6. The zero-order valence-electron chi connectivity index (χ0n) is 9.24. The van der Waals surface area contributed by atoms with Gasteiger partial charge in [0, 0.05) is 0 Å². The van der Waals surface area contributed by atoms with E-state index in [-0.39, 0.29) is 4.90 Å². The zero-order chi connectivity index (χ0) is 13.3. The van der Waals surface area contributed by atoms with Crippen molar-refractivity contribution in [2.75, 3.05) is 7.11 Å². The largest absolute Gasteiger partial charge is 0.497 e. The molecular weight excluding hydrogens is 278 g/mol. The summed E-state index contributed by atoms with van der Waals surface area (Å²) < 4.78 is 27.8.